The first-order valence-corrected chi connectivity index (χ1v) is 5.68. The van der Waals surface area contributed by atoms with Crippen LogP contribution in [0, 0.1) is 0 Å². The van der Waals surface area contributed by atoms with Gasteiger partial charge in [-0.1, -0.05) is 34.8 Å². The molecule has 0 saturated carbocycles. The van der Waals surface area contributed by atoms with Crippen molar-refractivity contribution >= 4 is 85.8 Å². The molecule has 0 saturated heterocycles. The number of rotatable bonds is 1. The van der Waals surface area contributed by atoms with Gasteiger partial charge in [0.15, 0.2) is 0 Å². The van der Waals surface area contributed by atoms with Crippen molar-refractivity contribution in [1.82, 2.24) is 0 Å². The van der Waals surface area contributed by atoms with Gasteiger partial charge in [0.1, 0.15) is 10.3 Å². The molecule has 0 heterocycles. The molecule has 0 fully saturated rings. The first kappa shape index (κ1) is 15.7. The molecule has 14 heavy (non-hydrogen) atoms. The Labute approximate surface area is 126 Å². The third-order valence-corrected chi connectivity index (χ3v) is 3.69. The van der Waals surface area contributed by atoms with Gasteiger partial charge in [0.05, 0.1) is 10.0 Å². The second-order valence-corrected chi connectivity index (χ2v) is 4.82. The molecule has 0 bridgehead atoms. The van der Waals surface area contributed by atoms with E-state index >= 15 is 0 Å². The van der Waals surface area contributed by atoms with Gasteiger partial charge in [-0.2, -0.15) is 0 Å². The smallest absolute Gasteiger partial charge is 0.683 e. The largest absolute Gasteiger partial charge is 2.00 e. The summed E-state index contributed by atoms with van der Waals surface area (Å²) in [6, 6.07) is 2.51. The van der Waals surface area contributed by atoms with Crippen LogP contribution in [-0.4, -0.2) is 37.7 Å². The van der Waals surface area contributed by atoms with Crippen LogP contribution in [0.2, 0.25) is 15.1 Å². The van der Waals surface area contributed by atoms with Crippen molar-refractivity contribution in [1.29, 1.82) is 0 Å². The van der Waals surface area contributed by atoms with Crippen LogP contribution in [0.15, 0.2) is 12.1 Å². The molecule has 3 nitrogen and oxygen atoms in total. The summed E-state index contributed by atoms with van der Waals surface area (Å²) in [5.74, 6) is 0. The van der Waals surface area contributed by atoms with Gasteiger partial charge >= 0.3 is 37.7 Å². The van der Waals surface area contributed by atoms with E-state index in [2.05, 4.69) is 0 Å². The van der Waals surface area contributed by atoms with E-state index in [0.717, 1.165) is 0 Å². The van der Waals surface area contributed by atoms with E-state index in [-0.39, 0.29) is 52.8 Å². The zero-order valence-corrected chi connectivity index (χ0v) is 12.0. The van der Waals surface area contributed by atoms with Crippen LogP contribution in [0.1, 0.15) is 0 Å². The first-order valence-electron chi connectivity index (χ1n) is 3.00. The zero-order chi connectivity index (χ0) is 10.2. The molecule has 0 aliphatic heterocycles. The van der Waals surface area contributed by atoms with Crippen molar-refractivity contribution in [3.05, 3.63) is 27.2 Å². The van der Waals surface area contributed by atoms with Crippen LogP contribution < -0.4 is 20.0 Å². The minimum atomic E-state index is -4.97. The summed E-state index contributed by atoms with van der Waals surface area (Å²) in [7, 11) is -4.97. The van der Waals surface area contributed by atoms with Gasteiger partial charge in [-0.25, -0.2) is 0 Å². The van der Waals surface area contributed by atoms with Crippen molar-refractivity contribution in [3.63, 3.8) is 0 Å². The molecule has 0 spiro atoms. The Morgan fingerprint density at radius 3 is 1.71 bits per heavy atom. The zero-order valence-electron chi connectivity index (χ0n) is 6.67. The van der Waals surface area contributed by atoms with Crippen LogP contribution in [0.25, 0.3) is 0 Å². The van der Waals surface area contributed by atoms with E-state index in [4.69, 9.17) is 34.8 Å². The van der Waals surface area contributed by atoms with E-state index in [0.29, 0.717) is 0 Å². The Morgan fingerprint density at radius 1 is 0.929 bits per heavy atom. The molecule has 0 N–H and O–H groups in total. The fourth-order valence-electron chi connectivity index (χ4n) is 0.767. The van der Waals surface area contributed by atoms with E-state index in [1.165, 1.54) is 12.1 Å². The minimum Gasteiger partial charge on any atom is -0.683 e. The van der Waals surface area contributed by atoms with Crippen molar-refractivity contribution in [3.8, 4) is 0 Å². The van der Waals surface area contributed by atoms with Crippen molar-refractivity contribution < 1.29 is 14.7 Å². The molecule has 0 amide bonds. The molecular formula is C6H2CaCl3O3P. The molecule has 0 radical (unpaired) electrons. The van der Waals surface area contributed by atoms with Crippen LogP contribution in [0.4, 0.5) is 0 Å². The molecule has 1 aromatic carbocycles. The van der Waals surface area contributed by atoms with Crippen LogP contribution in [-0.2, 0) is 0 Å². The van der Waals surface area contributed by atoms with Crippen molar-refractivity contribution in [2.24, 2.45) is 0 Å². The fourth-order valence-corrected chi connectivity index (χ4v) is 2.68. The molecule has 72 valence electrons. The molecule has 0 aromatic heterocycles. The summed E-state index contributed by atoms with van der Waals surface area (Å²) in [5.41, 5.74) is 0. The van der Waals surface area contributed by atoms with E-state index in [1.54, 1.807) is 0 Å². The predicted octanol–water partition coefficient (Wildman–Crippen LogP) is -0.265. The van der Waals surface area contributed by atoms with Gasteiger partial charge in [0, 0.05) is 0 Å². The number of hydrogen-bond acceptors (Lipinski definition) is 3. The van der Waals surface area contributed by atoms with Gasteiger partial charge in [0.25, 0.3) is 0 Å². The fraction of sp³-hybridized carbons (Fsp3) is 0. The molecule has 0 aliphatic rings. The SMILES string of the molecule is [Ca+2].[O-][P+]([O-])([O-])c1c(Cl)ccc(Cl)c1Cl. The molecule has 0 unspecified atom stereocenters. The Hall–Kier alpha value is 1.66. The maximum atomic E-state index is 10.7. The predicted molar refractivity (Wildman–Crippen MR) is 53.8 cm³/mol. The third-order valence-electron chi connectivity index (χ3n) is 1.29. The summed E-state index contributed by atoms with van der Waals surface area (Å²) < 4.78 is 0. The summed E-state index contributed by atoms with van der Waals surface area (Å²) in [4.78, 5) is 32.0. The second kappa shape index (κ2) is 5.83. The summed E-state index contributed by atoms with van der Waals surface area (Å²) in [6.45, 7) is 0. The van der Waals surface area contributed by atoms with E-state index in [1.807, 2.05) is 0 Å². The van der Waals surface area contributed by atoms with Gasteiger partial charge in [-0.3, -0.25) is 0 Å². The minimum absolute atomic E-state index is 0. The maximum absolute atomic E-state index is 10.7. The van der Waals surface area contributed by atoms with Gasteiger partial charge in [-0.15, -0.1) is 7.94 Å². The Balaban J connectivity index is 0.00000169. The Morgan fingerprint density at radius 2 is 1.36 bits per heavy atom. The number of benzene rings is 1. The molecule has 8 heteroatoms. The summed E-state index contributed by atoms with van der Waals surface area (Å²) >= 11 is 16.5. The van der Waals surface area contributed by atoms with Crippen molar-refractivity contribution in [2.45, 2.75) is 0 Å². The molecule has 1 aromatic rings. The van der Waals surface area contributed by atoms with Crippen LogP contribution in [0.3, 0.4) is 0 Å². The maximum Gasteiger partial charge on any atom is 2.00 e. The average Bonchev–Trinajstić information content (AvgIpc) is 1.95. The Kier molecular flexibility index (Phi) is 6.52. The average molecular weight is 299 g/mol. The van der Waals surface area contributed by atoms with Gasteiger partial charge in [-0.05, 0) is 12.1 Å². The molecule has 0 aliphatic carbocycles. The summed E-state index contributed by atoms with van der Waals surface area (Å²) in [5, 5.41) is -1.22. The van der Waals surface area contributed by atoms with Crippen LogP contribution >= 0.6 is 42.7 Å². The molecule has 0 atom stereocenters. The molecule has 1 rings (SSSR count). The second-order valence-electron chi connectivity index (χ2n) is 2.19. The topological polar surface area (TPSA) is 69.2 Å². The third kappa shape index (κ3) is 3.60. The summed E-state index contributed by atoms with van der Waals surface area (Å²) in [6.07, 6.45) is 0. The van der Waals surface area contributed by atoms with E-state index < -0.39 is 13.2 Å². The van der Waals surface area contributed by atoms with Crippen molar-refractivity contribution in [2.75, 3.05) is 0 Å². The number of halogens is 3. The van der Waals surface area contributed by atoms with Crippen LogP contribution in [0.5, 0.6) is 0 Å². The first-order chi connectivity index (χ1) is 5.84. The van der Waals surface area contributed by atoms with Gasteiger partial charge < -0.3 is 14.7 Å². The quantitative estimate of drug-likeness (QED) is 0.407. The number of hydrogen-bond donors (Lipinski definition) is 0. The molecular weight excluding hydrogens is 297 g/mol. The normalized spacial score (nSPS) is 11.0. The van der Waals surface area contributed by atoms with E-state index in [9.17, 15) is 14.7 Å². The standard InChI is InChI=1S/C6H4Cl3O3P.Ca/c7-3-1-2-4(8)6(5(3)9)13(10,11)12;/h1-2H,(H2,10,11,12);/q;+2/p-2. The van der Waals surface area contributed by atoms with Gasteiger partial charge in [0.2, 0.25) is 0 Å². The monoisotopic (exact) mass is 298 g/mol. The Bertz CT molecular complexity index is 342.